The number of hydrogen-bond donors (Lipinski definition) is 0. The molecule has 0 unspecified atom stereocenters. The molecule has 32 heavy (non-hydrogen) atoms. The molecule has 1 aromatic heterocycles. The molecule has 0 fully saturated rings. The zero-order valence-corrected chi connectivity index (χ0v) is 20.4. The summed E-state index contributed by atoms with van der Waals surface area (Å²) in [6.45, 7) is 13.0. The highest BCUT2D eigenvalue weighted by Crippen LogP contribution is 2.28. The van der Waals surface area contributed by atoms with Crippen LogP contribution in [0, 0.1) is 13.8 Å². The second-order valence-corrected chi connectivity index (χ2v) is 8.28. The average molecular weight is 426 g/mol. The number of hydrogen-bond acceptors (Lipinski definition) is 3. The van der Waals surface area contributed by atoms with E-state index in [2.05, 4.69) is 65.8 Å². The minimum atomic E-state index is 0.842. The number of benzene rings is 2. The van der Waals surface area contributed by atoms with E-state index in [0.29, 0.717) is 0 Å². The summed E-state index contributed by atoms with van der Waals surface area (Å²) in [6.07, 6.45) is 7.63. The first-order chi connectivity index (χ1) is 15.5. The largest absolute Gasteiger partial charge is 0.254 e. The molecule has 3 nitrogen and oxygen atoms in total. The van der Waals surface area contributed by atoms with Gasteiger partial charge in [0, 0.05) is 0 Å². The second kappa shape index (κ2) is 11.0. The van der Waals surface area contributed by atoms with Gasteiger partial charge >= 0.3 is 0 Å². The molecule has 1 heterocycles. The smallest absolute Gasteiger partial charge is 0.0820 e. The maximum absolute atomic E-state index is 4.85. The van der Waals surface area contributed by atoms with Gasteiger partial charge in [-0.1, -0.05) is 69.2 Å². The van der Waals surface area contributed by atoms with Crippen LogP contribution in [-0.2, 0) is 25.7 Å². The number of aryl methyl sites for hydroxylation is 6. The van der Waals surface area contributed by atoms with Gasteiger partial charge in [-0.25, -0.2) is 4.98 Å². The highest BCUT2D eigenvalue weighted by Gasteiger charge is 2.08. The van der Waals surface area contributed by atoms with Crippen molar-refractivity contribution < 1.29 is 0 Å². The summed E-state index contributed by atoms with van der Waals surface area (Å²) in [6, 6.07) is 14.9. The molecule has 3 rings (SSSR count). The molecule has 0 saturated heterocycles. The first-order valence-corrected chi connectivity index (χ1v) is 11.8. The lowest BCUT2D eigenvalue weighted by molar-refractivity contribution is 1.07. The van der Waals surface area contributed by atoms with Crippen LogP contribution in [0.3, 0.4) is 0 Å². The van der Waals surface area contributed by atoms with Crippen LogP contribution in [0.25, 0.3) is 0 Å². The first-order valence-electron chi connectivity index (χ1n) is 11.8. The summed E-state index contributed by atoms with van der Waals surface area (Å²) >= 11 is 0. The van der Waals surface area contributed by atoms with Crippen molar-refractivity contribution in [1.82, 2.24) is 4.98 Å². The first kappa shape index (κ1) is 23.6. The molecule has 0 N–H and O–H groups in total. The maximum Gasteiger partial charge on any atom is 0.0820 e. The third kappa shape index (κ3) is 5.59. The third-order valence-corrected chi connectivity index (χ3v) is 5.79. The predicted octanol–water partition coefficient (Wildman–Crippen LogP) is 7.45. The zero-order valence-electron chi connectivity index (χ0n) is 20.4. The fraction of sp³-hybridized carbons (Fsp3) is 0.345. The van der Waals surface area contributed by atoms with Gasteiger partial charge in [0.25, 0.3) is 0 Å². The molecular weight excluding hydrogens is 390 g/mol. The van der Waals surface area contributed by atoms with Gasteiger partial charge in [0.1, 0.15) is 0 Å². The molecule has 0 aliphatic rings. The van der Waals surface area contributed by atoms with Crippen LogP contribution in [0.2, 0.25) is 0 Å². The van der Waals surface area contributed by atoms with Crippen LogP contribution in [0.5, 0.6) is 0 Å². The highest BCUT2D eigenvalue weighted by atomic mass is 14.8. The normalized spacial score (nSPS) is 11.7. The van der Waals surface area contributed by atoms with Crippen molar-refractivity contribution >= 4 is 23.8 Å². The van der Waals surface area contributed by atoms with Crippen LogP contribution in [0.1, 0.15) is 72.5 Å². The van der Waals surface area contributed by atoms with Gasteiger partial charge in [-0.2, -0.15) is 0 Å². The second-order valence-electron chi connectivity index (χ2n) is 8.28. The van der Waals surface area contributed by atoms with E-state index >= 15 is 0 Å². The van der Waals surface area contributed by atoms with Gasteiger partial charge in [-0.3, -0.25) is 9.98 Å². The van der Waals surface area contributed by atoms with Crippen molar-refractivity contribution in [2.75, 3.05) is 0 Å². The number of pyridine rings is 1. The Morgan fingerprint density at radius 3 is 1.28 bits per heavy atom. The summed E-state index contributed by atoms with van der Waals surface area (Å²) < 4.78 is 0. The molecule has 0 bridgehead atoms. The standard InChI is InChI=1S/C29H35N3/c1-7-22-14-20(5)15-23(8-2)28(22)30-18-26-12-11-13-27(32-26)19-31-29-24(9-3)16-21(6)17-25(29)10-4/h11-19H,7-10H2,1-6H3. The van der Waals surface area contributed by atoms with Gasteiger partial charge < -0.3 is 0 Å². The van der Waals surface area contributed by atoms with Gasteiger partial charge in [0.05, 0.1) is 35.2 Å². The fourth-order valence-electron chi connectivity index (χ4n) is 4.15. The molecule has 3 aromatic rings. The summed E-state index contributed by atoms with van der Waals surface area (Å²) in [5.74, 6) is 0. The SMILES string of the molecule is CCc1cc(C)cc(CC)c1N=Cc1cccc(C=Nc2c(CC)cc(C)cc2CC)n1. The Morgan fingerprint density at radius 1 is 0.625 bits per heavy atom. The molecular formula is C29H35N3. The maximum atomic E-state index is 4.85. The Kier molecular flexibility index (Phi) is 8.10. The zero-order chi connectivity index (χ0) is 23.1. The van der Waals surface area contributed by atoms with Gasteiger partial charge in [-0.15, -0.1) is 0 Å². The minimum absolute atomic E-state index is 0.842. The third-order valence-electron chi connectivity index (χ3n) is 5.79. The van der Waals surface area contributed by atoms with E-state index in [1.165, 1.54) is 33.4 Å². The Morgan fingerprint density at radius 2 is 0.969 bits per heavy atom. The van der Waals surface area contributed by atoms with Crippen molar-refractivity contribution in [3.63, 3.8) is 0 Å². The Labute approximate surface area is 193 Å². The molecule has 0 saturated carbocycles. The van der Waals surface area contributed by atoms with E-state index in [0.717, 1.165) is 48.4 Å². The van der Waals surface area contributed by atoms with E-state index in [9.17, 15) is 0 Å². The Balaban J connectivity index is 1.91. The van der Waals surface area contributed by atoms with Gasteiger partial charge in [-0.05, 0) is 73.9 Å². The predicted molar refractivity (Wildman–Crippen MR) is 139 cm³/mol. The molecule has 0 amide bonds. The lowest BCUT2D eigenvalue weighted by Gasteiger charge is -2.11. The van der Waals surface area contributed by atoms with Crippen LogP contribution in [-0.4, -0.2) is 17.4 Å². The monoisotopic (exact) mass is 425 g/mol. The summed E-state index contributed by atoms with van der Waals surface area (Å²) in [7, 11) is 0. The Hall–Kier alpha value is -3.07. The molecule has 2 aromatic carbocycles. The van der Waals surface area contributed by atoms with Crippen molar-refractivity contribution in [2.24, 2.45) is 9.98 Å². The Bertz CT molecular complexity index is 1000. The number of aromatic nitrogens is 1. The topological polar surface area (TPSA) is 37.6 Å². The van der Waals surface area contributed by atoms with Crippen LogP contribution >= 0.6 is 0 Å². The van der Waals surface area contributed by atoms with E-state index in [-0.39, 0.29) is 0 Å². The fourth-order valence-corrected chi connectivity index (χ4v) is 4.15. The van der Waals surface area contributed by atoms with Crippen molar-refractivity contribution in [3.05, 3.63) is 87.2 Å². The van der Waals surface area contributed by atoms with Gasteiger partial charge in [0.15, 0.2) is 0 Å². The van der Waals surface area contributed by atoms with E-state index < -0.39 is 0 Å². The highest BCUT2D eigenvalue weighted by molar-refractivity contribution is 5.85. The van der Waals surface area contributed by atoms with Crippen LogP contribution in [0.4, 0.5) is 11.4 Å². The molecule has 166 valence electrons. The van der Waals surface area contributed by atoms with E-state index in [1.54, 1.807) is 0 Å². The van der Waals surface area contributed by atoms with Crippen LogP contribution in [0.15, 0.2) is 52.4 Å². The molecule has 0 aliphatic heterocycles. The lowest BCUT2D eigenvalue weighted by atomic mass is 10.00. The lowest BCUT2D eigenvalue weighted by Crippen LogP contribution is -1.96. The molecule has 0 radical (unpaired) electrons. The van der Waals surface area contributed by atoms with E-state index in [4.69, 9.17) is 15.0 Å². The number of rotatable bonds is 8. The van der Waals surface area contributed by atoms with Crippen molar-refractivity contribution in [2.45, 2.75) is 67.2 Å². The summed E-state index contributed by atoms with van der Waals surface area (Å²) in [5, 5.41) is 0. The van der Waals surface area contributed by atoms with E-state index in [1.807, 2.05) is 30.6 Å². The molecule has 0 aliphatic carbocycles. The number of aliphatic imine (C=N–C) groups is 2. The molecule has 0 atom stereocenters. The molecule has 0 spiro atoms. The quantitative estimate of drug-likeness (QED) is 0.345. The van der Waals surface area contributed by atoms with Gasteiger partial charge in [0.2, 0.25) is 0 Å². The van der Waals surface area contributed by atoms with Crippen molar-refractivity contribution in [1.29, 1.82) is 0 Å². The summed E-state index contributed by atoms with van der Waals surface area (Å²) in [5.41, 5.74) is 11.6. The minimum Gasteiger partial charge on any atom is -0.254 e. The van der Waals surface area contributed by atoms with Crippen molar-refractivity contribution in [3.8, 4) is 0 Å². The molecule has 3 heteroatoms. The average Bonchev–Trinajstić information content (AvgIpc) is 2.81. The van der Waals surface area contributed by atoms with Crippen LogP contribution < -0.4 is 0 Å². The number of nitrogens with zero attached hydrogens (tertiary/aromatic N) is 3. The summed E-state index contributed by atoms with van der Waals surface area (Å²) in [4.78, 5) is 14.5.